The predicted molar refractivity (Wildman–Crippen MR) is 100 cm³/mol. The van der Waals surface area contributed by atoms with Gasteiger partial charge in [0.2, 0.25) is 11.8 Å². The molecular weight excluding hydrogens is 368 g/mol. The van der Waals surface area contributed by atoms with Gasteiger partial charge in [-0.1, -0.05) is 35.8 Å². The molecule has 0 saturated carbocycles. The summed E-state index contributed by atoms with van der Waals surface area (Å²) in [6.45, 7) is 5.03. The average Bonchev–Trinajstić information content (AvgIpc) is 2.95. The van der Waals surface area contributed by atoms with E-state index in [9.17, 15) is 9.59 Å². The number of rotatable bonds is 4. The van der Waals surface area contributed by atoms with E-state index in [4.69, 9.17) is 16.1 Å². The van der Waals surface area contributed by atoms with Crippen molar-refractivity contribution in [2.24, 2.45) is 0 Å². The van der Waals surface area contributed by atoms with Gasteiger partial charge in [-0.05, 0) is 31.0 Å². The molecule has 144 valence electrons. The van der Waals surface area contributed by atoms with Crippen molar-refractivity contribution >= 4 is 23.4 Å². The first-order valence-corrected chi connectivity index (χ1v) is 9.47. The van der Waals surface area contributed by atoms with Crippen LogP contribution in [0, 0.1) is 6.92 Å². The van der Waals surface area contributed by atoms with E-state index in [0.29, 0.717) is 49.2 Å². The lowest BCUT2D eigenvalue weighted by Crippen LogP contribution is -2.40. The molecule has 0 aliphatic carbocycles. The third-order valence-electron chi connectivity index (χ3n) is 4.64. The van der Waals surface area contributed by atoms with Crippen LogP contribution >= 0.6 is 11.6 Å². The topological polar surface area (TPSA) is 79.5 Å². The van der Waals surface area contributed by atoms with E-state index in [1.165, 1.54) is 0 Å². The second-order valence-electron chi connectivity index (χ2n) is 6.64. The number of hydrogen-bond acceptors (Lipinski definition) is 5. The van der Waals surface area contributed by atoms with Crippen molar-refractivity contribution in [1.29, 1.82) is 0 Å². The van der Waals surface area contributed by atoms with Gasteiger partial charge in [0, 0.05) is 24.5 Å². The van der Waals surface area contributed by atoms with Gasteiger partial charge >= 0.3 is 0 Å². The molecule has 0 spiro atoms. The summed E-state index contributed by atoms with van der Waals surface area (Å²) in [4.78, 5) is 33.1. The van der Waals surface area contributed by atoms with Crippen molar-refractivity contribution in [3.8, 4) is 0 Å². The van der Waals surface area contributed by atoms with Crippen molar-refractivity contribution in [2.45, 2.75) is 39.2 Å². The van der Waals surface area contributed by atoms with Crippen molar-refractivity contribution in [2.75, 3.05) is 19.6 Å². The monoisotopic (exact) mass is 390 g/mol. The Morgan fingerprint density at radius 2 is 2.11 bits per heavy atom. The van der Waals surface area contributed by atoms with Gasteiger partial charge in [-0.25, -0.2) is 0 Å². The van der Waals surface area contributed by atoms with Crippen LogP contribution < -0.4 is 0 Å². The van der Waals surface area contributed by atoms with Crippen LogP contribution in [-0.4, -0.2) is 51.4 Å². The van der Waals surface area contributed by atoms with Crippen LogP contribution in [0.25, 0.3) is 0 Å². The molecule has 0 bridgehead atoms. The molecular formula is C19H23ClN4O3. The summed E-state index contributed by atoms with van der Waals surface area (Å²) < 4.78 is 5.34. The maximum atomic E-state index is 12.9. The van der Waals surface area contributed by atoms with Crippen LogP contribution in [0.4, 0.5) is 0 Å². The Balaban J connectivity index is 1.80. The standard InChI is InChI=1S/C19H23ClN4O3/c1-3-17(25)24-9-5-8-23(12-16(24)19-21-13(2)22-27-19)18(26)11-14-6-4-7-15(20)10-14/h4,6-7,10,16H,3,5,8-9,11-12H2,1-2H3. The van der Waals surface area contributed by atoms with Crippen LogP contribution in [0.5, 0.6) is 0 Å². The molecule has 3 rings (SSSR count). The van der Waals surface area contributed by atoms with Gasteiger partial charge in [0.25, 0.3) is 5.89 Å². The number of hydrogen-bond donors (Lipinski definition) is 0. The number of nitrogens with zero attached hydrogens (tertiary/aromatic N) is 4. The molecule has 2 aromatic rings. The molecule has 2 amide bonds. The maximum absolute atomic E-state index is 12.9. The normalized spacial score (nSPS) is 17.7. The highest BCUT2D eigenvalue weighted by molar-refractivity contribution is 6.30. The number of carbonyl (C=O) groups is 2. The Bertz CT molecular complexity index is 823. The van der Waals surface area contributed by atoms with Crippen molar-refractivity contribution < 1.29 is 14.1 Å². The first-order valence-electron chi connectivity index (χ1n) is 9.09. The van der Waals surface area contributed by atoms with E-state index in [1.54, 1.807) is 28.9 Å². The number of halogens is 1. The molecule has 1 fully saturated rings. The molecule has 1 aromatic heterocycles. The summed E-state index contributed by atoms with van der Waals surface area (Å²) in [5.41, 5.74) is 0.864. The molecule has 1 aromatic carbocycles. The fourth-order valence-electron chi connectivity index (χ4n) is 3.31. The Labute approximate surface area is 163 Å². The Morgan fingerprint density at radius 3 is 2.78 bits per heavy atom. The summed E-state index contributed by atoms with van der Waals surface area (Å²) in [7, 11) is 0. The van der Waals surface area contributed by atoms with Crippen LogP contribution in [0.3, 0.4) is 0 Å². The zero-order valence-corrected chi connectivity index (χ0v) is 16.3. The molecule has 1 aliphatic rings. The minimum absolute atomic E-state index is 0.00991. The molecule has 2 heterocycles. The fraction of sp³-hybridized carbons (Fsp3) is 0.474. The summed E-state index contributed by atoms with van der Waals surface area (Å²) in [6, 6.07) is 6.86. The molecule has 1 aliphatic heterocycles. The molecule has 1 unspecified atom stereocenters. The number of amides is 2. The lowest BCUT2D eigenvalue weighted by atomic mass is 10.1. The Kier molecular flexibility index (Phi) is 6.11. The van der Waals surface area contributed by atoms with E-state index >= 15 is 0 Å². The number of aryl methyl sites for hydroxylation is 1. The van der Waals surface area contributed by atoms with Gasteiger partial charge in [-0.3, -0.25) is 9.59 Å². The third-order valence-corrected chi connectivity index (χ3v) is 4.88. The summed E-state index contributed by atoms with van der Waals surface area (Å²) in [6.07, 6.45) is 1.36. The summed E-state index contributed by atoms with van der Waals surface area (Å²) in [5, 5.41) is 4.45. The molecule has 1 atom stereocenters. The lowest BCUT2D eigenvalue weighted by Gasteiger charge is -2.29. The highest BCUT2D eigenvalue weighted by atomic mass is 35.5. The molecule has 27 heavy (non-hydrogen) atoms. The van der Waals surface area contributed by atoms with E-state index in [0.717, 1.165) is 5.56 Å². The van der Waals surface area contributed by atoms with Gasteiger partial charge < -0.3 is 14.3 Å². The largest absolute Gasteiger partial charge is 0.340 e. The van der Waals surface area contributed by atoms with E-state index in [-0.39, 0.29) is 18.2 Å². The summed E-state index contributed by atoms with van der Waals surface area (Å²) >= 11 is 6.02. The molecule has 0 N–H and O–H groups in total. The molecule has 8 heteroatoms. The van der Waals surface area contributed by atoms with E-state index in [1.807, 2.05) is 19.1 Å². The van der Waals surface area contributed by atoms with E-state index < -0.39 is 6.04 Å². The number of carbonyl (C=O) groups excluding carboxylic acids is 2. The lowest BCUT2D eigenvalue weighted by molar-refractivity contribution is -0.136. The Hall–Kier alpha value is -2.41. The highest BCUT2D eigenvalue weighted by Crippen LogP contribution is 2.25. The zero-order valence-electron chi connectivity index (χ0n) is 15.5. The van der Waals surface area contributed by atoms with Crippen LogP contribution in [0.15, 0.2) is 28.8 Å². The number of benzene rings is 1. The SMILES string of the molecule is CCC(=O)N1CCCN(C(=O)Cc2cccc(Cl)c2)CC1c1nc(C)no1. The quantitative estimate of drug-likeness (QED) is 0.801. The first kappa shape index (κ1) is 19.4. The van der Waals surface area contributed by atoms with Crippen molar-refractivity contribution in [3.05, 3.63) is 46.6 Å². The zero-order chi connectivity index (χ0) is 19.4. The second kappa shape index (κ2) is 8.52. The molecule has 1 saturated heterocycles. The van der Waals surface area contributed by atoms with Crippen LogP contribution in [0.1, 0.15) is 43.1 Å². The van der Waals surface area contributed by atoms with Crippen LogP contribution in [0.2, 0.25) is 5.02 Å². The maximum Gasteiger partial charge on any atom is 0.251 e. The Morgan fingerprint density at radius 1 is 1.30 bits per heavy atom. The van der Waals surface area contributed by atoms with Crippen molar-refractivity contribution in [3.63, 3.8) is 0 Å². The highest BCUT2D eigenvalue weighted by Gasteiger charge is 2.34. The first-order chi connectivity index (χ1) is 13.0. The molecule has 7 nitrogen and oxygen atoms in total. The minimum Gasteiger partial charge on any atom is -0.340 e. The van der Waals surface area contributed by atoms with Gasteiger partial charge in [-0.2, -0.15) is 4.98 Å². The van der Waals surface area contributed by atoms with Gasteiger partial charge in [0.05, 0.1) is 13.0 Å². The smallest absolute Gasteiger partial charge is 0.251 e. The van der Waals surface area contributed by atoms with Gasteiger partial charge in [0.15, 0.2) is 5.82 Å². The average molecular weight is 391 g/mol. The fourth-order valence-corrected chi connectivity index (χ4v) is 3.52. The minimum atomic E-state index is -0.426. The third kappa shape index (κ3) is 4.66. The van der Waals surface area contributed by atoms with Crippen LogP contribution in [-0.2, 0) is 16.0 Å². The van der Waals surface area contributed by atoms with Gasteiger partial charge in [-0.15, -0.1) is 0 Å². The van der Waals surface area contributed by atoms with Gasteiger partial charge in [0.1, 0.15) is 6.04 Å². The molecule has 0 radical (unpaired) electrons. The van der Waals surface area contributed by atoms with Crippen molar-refractivity contribution in [1.82, 2.24) is 19.9 Å². The number of aromatic nitrogens is 2. The van der Waals surface area contributed by atoms with E-state index in [2.05, 4.69) is 10.1 Å². The summed E-state index contributed by atoms with van der Waals surface area (Å²) in [5.74, 6) is 0.885. The predicted octanol–water partition coefficient (Wildman–Crippen LogP) is 2.79. The second-order valence-corrected chi connectivity index (χ2v) is 7.07.